The van der Waals surface area contributed by atoms with Gasteiger partial charge in [-0.1, -0.05) is 17.7 Å². The van der Waals surface area contributed by atoms with E-state index in [-0.39, 0.29) is 22.8 Å². The summed E-state index contributed by atoms with van der Waals surface area (Å²) in [7, 11) is 0. The minimum Gasteiger partial charge on any atom is -0.368 e. The predicted octanol–water partition coefficient (Wildman–Crippen LogP) is 1.47. The van der Waals surface area contributed by atoms with Gasteiger partial charge < -0.3 is 5.73 Å². The summed E-state index contributed by atoms with van der Waals surface area (Å²) < 4.78 is 13.4. The van der Waals surface area contributed by atoms with Crippen LogP contribution in [-0.2, 0) is 11.3 Å². The molecule has 1 fully saturated rings. The van der Waals surface area contributed by atoms with Crippen LogP contribution in [-0.4, -0.2) is 47.9 Å². The minimum absolute atomic E-state index is 0.147. The molecule has 0 spiro atoms. The monoisotopic (exact) mass is 299 g/mol. The van der Waals surface area contributed by atoms with Crippen molar-refractivity contribution >= 4 is 17.5 Å². The van der Waals surface area contributed by atoms with Crippen molar-refractivity contribution in [2.75, 3.05) is 26.2 Å². The second kappa shape index (κ2) is 6.52. The molecule has 1 aromatic carbocycles. The summed E-state index contributed by atoms with van der Waals surface area (Å²) >= 11 is 5.67. The Labute approximate surface area is 123 Å². The Morgan fingerprint density at radius 1 is 1.40 bits per heavy atom. The Kier molecular flexibility index (Phi) is 4.96. The summed E-state index contributed by atoms with van der Waals surface area (Å²) in [5.41, 5.74) is 6.21. The molecule has 1 aliphatic rings. The third kappa shape index (κ3) is 3.69. The first kappa shape index (κ1) is 15.2. The van der Waals surface area contributed by atoms with Crippen LogP contribution >= 0.6 is 11.6 Å². The zero-order valence-corrected chi connectivity index (χ0v) is 12.2. The Morgan fingerprint density at radius 2 is 2.05 bits per heavy atom. The Morgan fingerprint density at radius 3 is 2.60 bits per heavy atom. The van der Waals surface area contributed by atoms with E-state index in [1.807, 2.05) is 13.0 Å². The summed E-state index contributed by atoms with van der Waals surface area (Å²) in [6, 6.07) is 4.66. The minimum atomic E-state index is -0.384. The molecule has 1 amide bonds. The second-order valence-electron chi connectivity index (χ2n) is 5.14. The van der Waals surface area contributed by atoms with Crippen molar-refractivity contribution in [1.82, 2.24) is 9.80 Å². The normalized spacial score (nSPS) is 18.9. The largest absolute Gasteiger partial charge is 0.368 e. The van der Waals surface area contributed by atoms with Crippen molar-refractivity contribution in [1.29, 1.82) is 0 Å². The van der Waals surface area contributed by atoms with Gasteiger partial charge in [0, 0.05) is 32.7 Å². The first-order valence-electron chi connectivity index (χ1n) is 6.67. The SMILES string of the molecule is C[C@H](C(N)=O)N1CCN(Cc2ccc(Cl)c(F)c2)CC1. The van der Waals surface area contributed by atoms with Crippen LogP contribution in [0, 0.1) is 5.82 Å². The van der Waals surface area contributed by atoms with E-state index in [0.29, 0.717) is 6.54 Å². The van der Waals surface area contributed by atoms with Crippen molar-refractivity contribution in [2.24, 2.45) is 5.73 Å². The van der Waals surface area contributed by atoms with Crippen molar-refractivity contribution in [2.45, 2.75) is 19.5 Å². The number of primary amides is 1. The Hall–Kier alpha value is -1.17. The molecule has 1 saturated heterocycles. The number of benzene rings is 1. The van der Waals surface area contributed by atoms with Crippen LogP contribution in [0.2, 0.25) is 5.02 Å². The lowest BCUT2D eigenvalue weighted by Gasteiger charge is -2.36. The summed E-state index contributed by atoms with van der Waals surface area (Å²) in [5.74, 6) is -0.677. The van der Waals surface area contributed by atoms with Gasteiger partial charge in [0.2, 0.25) is 5.91 Å². The molecule has 0 radical (unpaired) electrons. The van der Waals surface area contributed by atoms with Gasteiger partial charge >= 0.3 is 0 Å². The van der Waals surface area contributed by atoms with Crippen LogP contribution in [0.4, 0.5) is 4.39 Å². The van der Waals surface area contributed by atoms with Crippen molar-refractivity contribution < 1.29 is 9.18 Å². The molecule has 0 saturated carbocycles. The molecule has 2 rings (SSSR count). The fourth-order valence-electron chi connectivity index (χ4n) is 2.38. The number of amides is 1. The molecule has 110 valence electrons. The fourth-order valence-corrected chi connectivity index (χ4v) is 2.50. The lowest BCUT2D eigenvalue weighted by Crippen LogP contribution is -2.52. The lowest BCUT2D eigenvalue weighted by molar-refractivity contribution is -0.123. The molecule has 2 N–H and O–H groups in total. The molecule has 1 atom stereocenters. The molecule has 0 aromatic heterocycles. The maximum atomic E-state index is 13.4. The van der Waals surface area contributed by atoms with Crippen LogP contribution in [0.1, 0.15) is 12.5 Å². The van der Waals surface area contributed by atoms with Gasteiger partial charge in [-0.2, -0.15) is 0 Å². The van der Waals surface area contributed by atoms with E-state index in [2.05, 4.69) is 9.80 Å². The molecule has 1 heterocycles. The van der Waals surface area contributed by atoms with Gasteiger partial charge in [0.25, 0.3) is 0 Å². The van der Waals surface area contributed by atoms with E-state index in [1.165, 1.54) is 6.07 Å². The van der Waals surface area contributed by atoms with E-state index >= 15 is 0 Å². The van der Waals surface area contributed by atoms with E-state index in [1.54, 1.807) is 6.07 Å². The number of piperazine rings is 1. The summed E-state index contributed by atoms with van der Waals surface area (Å²) in [4.78, 5) is 15.5. The van der Waals surface area contributed by atoms with Gasteiger partial charge in [0.05, 0.1) is 11.1 Å². The smallest absolute Gasteiger partial charge is 0.234 e. The topological polar surface area (TPSA) is 49.6 Å². The fraction of sp³-hybridized carbons (Fsp3) is 0.500. The number of halogens is 2. The van der Waals surface area contributed by atoms with E-state index in [9.17, 15) is 9.18 Å². The van der Waals surface area contributed by atoms with Crippen LogP contribution in [0.25, 0.3) is 0 Å². The number of carbonyl (C=O) groups is 1. The first-order valence-corrected chi connectivity index (χ1v) is 7.05. The summed E-state index contributed by atoms with van der Waals surface area (Å²) in [6.07, 6.45) is 0. The molecule has 0 bridgehead atoms. The lowest BCUT2D eigenvalue weighted by atomic mass is 10.1. The van der Waals surface area contributed by atoms with Crippen molar-refractivity contribution in [3.63, 3.8) is 0 Å². The molecular weight excluding hydrogens is 281 g/mol. The van der Waals surface area contributed by atoms with Gasteiger partial charge in [0.1, 0.15) is 5.82 Å². The van der Waals surface area contributed by atoms with Crippen LogP contribution in [0.3, 0.4) is 0 Å². The average molecular weight is 300 g/mol. The van der Waals surface area contributed by atoms with E-state index < -0.39 is 0 Å². The third-order valence-electron chi connectivity index (χ3n) is 3.76. The molecular formula is C14H19ClFN3O. The highest BCUT2D eigenvalue weighted by molar-refractivity contribution is 6.30. The number of rotatable bonds is 4. The Balaban J connectivity index is 1.88. The third-order valence-corrected chi connectivity index (χ3v) is 4.06. The van der Waals surface area contributed by atoms with Crippen molar-refractivity contribution in [3.05, 3.63) is 34.6 Å². The van der Waals surface area contributed by atoms with Gasteiger partial charge in [0.15, 0.2) is 0 Å². The Bertz CT molecular complexity index is 489. The molecule has 1 aliphatic heterocycles. The zero-order chi connectivity index (χ0) is 14.7. The van der Waals surface area contributed by atoms with E-state index in [0.717, 1.165) is 31.7 Å². The highest BCUT2D eigenvalue weighted by atomic mass is 35.5. The molecule has 4 nitrogen and oxygen atoms in total. The quantitative estimate of drug-likeness (QED) is 0.916. The number of nitrogens with zero attached hydrogens (tertiary/aromatic N) is 2. The molecule has 6 heteroatoms. The van der Waals surface area contributed by atoms with Crippen LogP contribution < -0.4 is 5.73 Å². The van der Waals surface area contributed by atoms with Gasteiger partial charge in [-0.05, 0) is 24.6 Å². The highest BCUT2D eigenvalue weighted by Gasteiger charge is 2.23. The summed E-state index contributed by atoms with van der Waals surface area (Å²) in [6.45, 7) is 5.77. The maximum absolute atomic E-state index is 13.4. The highest BCUT2D eigenvalue weighted by Crippen LogP contribution is 2.17. The first-order chi connectivity index (χ1) is 9.47. The number of hydrogen-bond donors (Lipinski definition) is 1. The number of hydrogen-bond acceptors (Lipinski definition) is 3. The van der Waals surface area contributed by atoms with Crippen LogP contribution in [0.5, 0.6) is 0 Å². The predicted molar refractivity (Wildman–Crippen MR) is 76.9 cm³/mol. The number of carbonyl (C=O) groups excluding carboxylic acids is 1. The van der Waals surface area contributed by atoms with Crippen molar-refractivity contribution in [3.8, 4) is 0 Å². The number of nitrogens with two attached hydrogens (primary N) is 1. The standard InChI is InChI=1S/C14H19ClFN3O/c1-10(14(17)20)19-6-4-18(5-7-19)9-11-2-3-12(15)13(16)8-11/h2-3,8,10H,4-7,9H2,1H3,(H2,17,20)/t10-/m1/s1. The second-order valence-corrected chi connectivity index (χ2v) is 5.55. The van der Waals surface area contributed by atoms with Crippen LogP contribution in [0.15, 0.2) is 18.2 Å². The van der Waals surface area contributed by atoms with Gasteiger partial charge in [-0.25, -0.2) is 4.39 Å². The zero-order valence-electron chi connectivity index (χ0n) is 11.5. The molecule has 20 heavy (non-hydrogen) atoms. The average Bonchev–Trinajstić information content (AvgIpc) is 2.43. The van der Waals surface area contributed by atoms with Gasteiger partial charge in [-0.15, -0.1) is 0 Å². The van der Waals surface area contributed by atoms with E-state index in [4.69, 9.17) is 17.3 Å². The molecule has 1 aromatic rings. The van der Waals surface area contributed by atoms with Gasteiger partial charge in [-0.3, -0.25) is 14.6 Å². The maximum Gasteiger partial charge on any atom is 0.234 e. The summed E-state index contributed by atoms with van der Waals surface area (Å²) in [5, 5.41) is 0.147. The molecule has 0 unspecified atom stereocenters. The molecule has 0 aliphatic carbocycles.